The highest BCUT2D eigenvalue weighted by atomic mass is 16.5. The van der Waals surface area contributed by atoms with Crippen LogP contribution in [0, 0.1) is 5.92 Å². The Kier molecular flexibility index (Phi) is 3.97. The quantitative estimate of drug-likeness (QED) is 0.644. The summed E-state index contributed by atoms with van der Waals surface area (Å²) in [5.74, 6) is 0.361. The smallest absolute Gasteiger partial charge is 0.225 e. The fourth-order valence-corrected chi connectivity index (χ4v) is 2.07. The molecule has 2 N–H and O–H groups in total. The molecule has 2 fully saturated rings. The fourth-order valence-electron chi connectivity index (χ4n) is 2.07. The van der Waals surface area contributed by atoms with Crippen molar-refractivity contribution >= 4 is 5.91 Å². The molecule has 0 atom stereocenters. The third-order valence-electron chi connectivity index (χ3n) is 3.21. The summed E-state index contributed by atoms with van der Waals surface area (Å²) in [7, 11) is 0. The van der Waals surface area contributed by atoms with Crippen LogP contribution in [-0.4, -0.2) is 38.3 Å². The highest BCUT2D eigenvalue weighted by Gasteiger charge is 2.24. The zero-order valence-electron chi connectivity index (χ0n) is 9.13. The summed E-state index contributed by atoms with van der Waals surface area (Å²) in [6.07, 6.45) is 5.43. The molecule has 0 aromatic carbocycles. The van der Waals surface area contributed by atoms with E-state index in [0.717, 1.165) is 13.1 Å². The van der Waals surface area contributed by atoms with Crippen LogP contribution in [0.3, 0.4) is 0 Å². The van der Waals surface area contributed by atoms with Crippen molar-refractivity contribution < 1.29 is 9.53 Å². The van der Waals surface area contributed by atoms with Gasteiger partial charge in [0.1, 0.15) is 0 Å². The van der Waals surface area contributed by atoms with E-state index >= 15 is 0 Å². The lowest BCUT2D eigenvalue weighted by molar-refractivity contribution is -0.126. The van der Waals surface area contributed by atoms with Gasteiger partial charge >= 0.3 is 0 Å². The van der Waals surface area contributed by atoms with Gasteiger partial charge < -0.3 is 15.4 Å². The predicted octanol–water partition coefficient (Wildman–Crippen LogP) is 0.281. The minimum Gasteiger partial charge on any atom is -0.376 e. The Hall–Kier alpha value is -0.610. The molecule has 1 saturated carbocycles. The second-order valence-electron chi connectivity index (χ2n) is 4.42. The van der Waals surface area contributed by atoms with E-state index in [9.17, 15) is 4.79 Å². The van der Waals surface area contributed by atoms with Crippen LogP contribution in [0.4, 0.5) is 0 Å². The van der Waals surface area contributed by atoms with Crippen molar-refractivity contribution in [3.63, 3.8) is 0 Å². The average molecular weight is 212 g/mol. The van der Waals surface area contributed by atoms with Gasteiger partial charge in [0.05, 0.1) is 18.6 Å². The van der Waals surface area contributed by atoms with Crippen LogP contribution in [0.25, 0.3) is 0 Å². The van der Waals surface area contributed by atoms with Gasteiger partial charge in [0.25, 0.3) is 0 Å². The molecule has 0 bridgehead atoms. The van der Waals surface area contributed by atoms with Gasteiger partial charge in [-0.1, -0.05) is 12.8 Å². The molecule has 2 rings (SSSR count). The van der Waals surface area contributed by atoms with Crippen LogP contribution in [-0.2, 0) is 9.53 Å². The van der Waals surface area contributed by atoms with Crippen molar-refractivity contribution in [3.05, 3.63) is 0 Å². The minimum atomic E-state index is 0.170. The second kappa shape index (κ2) is 5.47. The number of hydrogen-bond donors (Lipinski definition) is 2. The van der Waals surface area contributed by atoms with Gasteiger partial charge in [0.2, 0.25) is 5.91 Å². The van der Waals surface area contributed by atoms with Gasteiger partial charge in [-0.25, -0.2) is 0 Å². The van der Waals surface area contributed by atoms with Crippen molar-refractivity contribution in [1.29, 1.82) is 0 Å². The van der Waals surface area contributed by atoms with Crippen LogP contribution in [0.2, 0.25) is 0 Å². The van der Waals surface area contributed by atoms with Gasteiger partial charge in [-0.3, -0.25) is 4.79 Å². The Morgan fingerprint density at radius 2 is 2.07 bits per heavy atom. The minimum absolute atomic E-state index is 0.170. The third kappa shape index (κ3) is 3.18. The molecule has 0 aromatic heterocycles. The zero-order valence-corrected chi connectivity index (χ0v) is 9.13. The van der Waals surface area contributed by atoms with Crippen LogP contribution < -0.4 is 10.6 Å². The topological polar surface area (TPSA) is 50.4 Å². The van der Waals surface area contributed by atoms with E-state index in [0.29, 0.717) is 19.3 Å². The SMILES string of the molecule is O=C(NCCOC1CCCC1)C1CNC1. The number of hydrogen-bond acceptors (Lipinski definition) is 3. The molecule has 0 radical (unpaired) electrons. The van der Waals surface area contributed by atoms with E-state index < -0.39 is 0 Å². The third-order valence-corrected chi connectivity index (χ3v) is 3.21. The van der Waals surface area contributed by atoms with Gasteiger partial charge in [0, 0.05) is 19.6 Å². The Balaban J connectivity index is 1.48. The van der Waals surface area contributed by atoms with E-state index in [-0.39, 0.29) is 11.8 Å². The summed E-state index contributed by atoms with van der Waals surface area (Å²) in [5, 5.41) is 5.99. The van der Waals surface area contributed by atoms with E-state index in [1.807, 2.05) is 0 Å². The molecular formula is C11H20N2O2. The van der Waals surface area contributed by atoms with Crippen LogP contribution in [0.5, 0.6) is 0 Å². The molecule has 1 aliphatic carbocycles. The maximum Gasteiger partial charge on any atom is 0.225 e. The highest BCUT2D eigenvalue weighted by molar-refractivity contribution is 5.79. The lowest BCUT2D eigenvalue weighted by atomic mass is 10.0. The largest absolute Gasteiger partial charge is 0.376 e. The normalized spacial score (nSPS) is 22.7. The number of ether oxygens (including phenoxy) is 1. The van der Waals surface area contributed by atoms with Crippen molar-refractivity contribution in [2.24, 2.45) is 5.92 Å². The van der Waals surface area contributed by atoms with Crippen LogP contribution >= 0.6 is 0 Å². The highest BCUT2D eigenvalue weighted by Crippen LogP contribution is 2.20. The monoisotopic (exact) mass is 212 g/mol. The molecule has 0 unspecified atom stereocenters. The molecule has 1 heterocycles. The molecule has 1 amide bonds. The van der Waals surface area contributed by atoms with Gasteiger partial charge in [-0.05, 0) is 12.8 Å². The van der Waals surface area contributed by atoms with E-state index in [2.05, 4.69) is 10.6 Å². The van der Waals surface area contributed by atoms with Gasteiger partial charge in [-0.15, -0.1) is 0 Å². The van der Waals surface area contributed by atoms with Crippen molar-refractivity contribution in [2.75, 3.05) is 26.2 Å². The van der Waals surface area contributed by atoms with Gasteiger partial charge in [-0.2, -0.15) is 0 Å². The molecule has 2 aliphatic rings. The maximum absolute atomic E-state index is 11.4. The molecule has 4 nitrogen and oxygen atoms in total. The first-order valence-corrected chi connectivity index (χ1v) is 5.96. The zero-order chi connectivity index (χ0) is 10.5. The molecule has 0 aromatic rings. The molecular weight excluding hydrogens is 192 g/mol. The lowest BCUT2D eigenvalue weighted by Gasteiger charge is -2.25. The molecule has 15 heavy (non-hydrogen) atoms. The number of amides is 1. The summed E-state index contributed by atoms with van der Waals surface area (Å²) >= 11 is 0. The number of nitrogens with one attached hydrogen (secondary N) is 2. The number of carbonyl (C=O) groups excluding carboxylic acids is 1. The summed E-state index contributed by atoms with van der Waals surface area (Å²) in [5.41, 5.74) is 0. The molecule has 0 spiro atoms. The average Bonchev–Trinajstić information content (AvgIpc) is 2.62. The first-order chi connectivity index (χ1) is 7.36. The van der Waals surface area contributed by atoms with E-state index in [4.69, 9.17) is 4.74 Å². The van der Waals surface area contributed by atoms with Gasteiger partial charge in [0.15, 0.2) is 0 Å². The van der Waals surface area contributed by atoms with Crippen molar-refractivity contribution in [2.45, 2.75) is 31.8 Å². The van der Waals surface area contributed by atoms with Crippen LogP contribution in [0.1, 0.15) is 25.7 Å². The van der Waals surface area contributed by atoms with E-state index in [1.54, 1.807) is 0 Å². The summed E-state index contributed by atoms with van der Waals surface area (Å²) < 4.78 is 5.65. The Labute approximate surface area is 90.8 Å². The fraction of sp³-hybridized carbons (Fsp3) is 0.909. The summed E-state index contributed by atoms with van der Waals surface area (Å²) in [6.45, 7) is 2.98. The molecule has 1 aliphatic heterocycles. The van der Waals surface area contributed by atoms with E-state index in [1.165, 1.54) is 25.7 Å². The Morgan fingerprint density at radius 3 is 2.67 bits per heavy atom. The first-order valence-electron chi connectivity index (χ1n) is 5.96. The number of carbonyl (C=O) groups is 1. The standard InChI is InChI=1S/C11H20N2O2/c14-11(9-7-12-8-9)13-5-6-15-10-3-1-2-4-10/h9-10,12H,1-8H2,(H,13,14). The Bertz CT molecular complexity index is 211. The lowest BCUT2D eigenvalue weighted by Crippen LogP contribution is -2.51. The van der Waals surface area contributed by atoms with Crippen molar-refractivity contribution in [3.8, 4) is 0 Å². The molecule has 86 valence electrons. The molecule has 4 heteroatoms. The Morgan fingerprint density at radius 1 is 1.33 bits per heavy atom. The maximum atomic E-state index is 11.4. The first kappa shape index (κ1) is 10.9. The van der Waals surface area contributed by atoms with Crippen LogP contribution in [0.15, 0.2) is 0 Å². The number of rotatable bonds is 5. The molecule has 1 saturated heterocycles. The van der Waals surface area contributed by atoms with Crippen molar-refractivity contribution in [1.82, 2.24) is 10.6 Å². The summed E-state index contributed by atoms with van der Waals surface area (Å²) in [6, 6.07) is 0. The predicted molar refractivity (Wildman–Crippen MR) is 57.6 cm³/mol. The second-order valence-corrected chi connectivity index (χ2v) is 4.42. The summed E-state index contributed by atoms with van der Waals surface area (Å²) in [4.78, 5) is 11.4.